The third kappa shape index (κ3) is 5.43. The Kier molecular flexibility index (Phi) is 6.02. The molecular weight excluding hydrogens is 266 g/mol. The average Bonchev–Trinajstić information content (AvgIpc) is 2.26. The second-order valence-corrected chi connectivity index (χ2v) is 5.36. The van der Waals surface area contributed by atoms with Gasteiger partial charge in [-0.25, -0.2) is 0 Å². The maximum Gasteiger partial charge on any atom is 0.110 e. The van der Waals surface area contributed by atoms with Crippen LogP contribution in [0.15, 0.2) is 53.4 Å². The molecule has 0 aliphatic carbocycles. The Labute approximate surface area is 117 Å². The predicted octanol–water partition coefficient (Wildman–Crippen LogP) is 4.97. The number of thioether (sulfide) groups is 1. The van der Waals surface area contributed by atoms with Gasteiger partial charge >= 0.3 is 0 Å². The first-order valence-corrected chi connectivity index (χ1v) is 6.83. The molecule has 0 bridgehead atoms. The normalized spacial score (nSPS) is 12.6. The van der Waals surface area contributed by atoms with E-state index < -0.39 is 0 Å². The molecule has 1 rings (SSSR count). The van der Waals surface area contributed by atoms with Gasteiger partial charge in [-0.3, -0.25) is 4.99 Å². The third-order valence-corrected chi connectivity index (χ3v) is 3.44. The molecule has 18 heavy (non-hydrogen) atoms. The lowest BCUT2D eigenvalue weighted by atomic mass is 10.2. The van der Waals surface area contributed by atoms with Gasteiger partial charge in [0, 0.05) is 22.5 Å². The zero-order valence-electron chi connectivity index (χ0n) is 10.5. The van der Waals surface area contributed by atoms with Gasteiger partial charge in [-0.15, -0.1) is 11.8 Å². The third-order valence-electron chi connectivity index (χ3n) is 2.10. The van der Waals surface area contributed by atoms with E-state index in [9.17, 15) is 0 Å². The van der Waals surface area contributed by atoms with Crippen LogP contribution in [0.25, 0.3) is 0 Å². The highest BCUT2D eigenvalue weighted by atomic mass is 35.5. The van der Waals surface area contributed by atoms with E-state index in [4.69, 9.17) is 16.7 Å². The molecule has 0 radical (unpaired) electrons. The number of allylic oxidation sites excluding steroid dienone is 2. The van der Waals surface area contributed by atoms with E-state index in [0.29, 0.717) is 0 Å². The van der Waals surface area contributed by atoms with Gasteiger partial charge < -0.3 is 5.11 Å². The Morgan fingerprint density at radius 1 is 1.44 bits per heavy atom. The molecule has 0 spiro atoms. The van der Waals surface area contributed by atoms with Crippen molar-refractivity contribution in [3.8, 4) is 0 Å². The van der Waals surface area contributed by atoms with E-state index in [2.05, 4.69) is 11.6 Å². The first kappa shape index (κ1) is 14.9. The molecule has 1 N–H and O–H groups in total. The van der Waals surface area contributed by atoms with Crippen molar-refractivity contribution >= 4 is 28.4 Å². The van der Waals surface area contributed by atoms with E-state index in [1.807, 2.05) is 38.1 Å². The minimum absolute atomic E-state index is 0.0140. The van der Waals surface area contributed by atoms with Crippen molar-refractivity contribution in [3.05, 3.63) is 59.0 Å². The van der Waals surface area contributed by atoms with Crippen LogP contribution in [0, 0.1) is 0 Å². The quantitative estimate of drug-likeness (QED) is 0.366. The molecule has 1 aromatic carbocycles. The van der Waals surface area contributed by atoms with Crippen LogP contribution in [0.2, 0.25) is 5.02 Å². The molecule has 2 nitrogen and oxygen atoms in total. The Morgan fingerprint density at radius 2 is 2.11 bits per heavy atom. The van der Waals surface area contributed by atoms with Gasteiger partial charge in [-0.2, -0.15) is 0 Å². The molecule has 0 saturated heterocycles. The molecule has 0 unspecified atom stereocenters. The van der Waals surface area contributed by atoms with E-state index in [-0.39, 0.29) is 5.76 Å². The first-order valence-electron chi connectivity index (χ1n) is 5.46. The van der Waals surface area contributed by atoms with E-state index in [1.165, 1.54) is 6.08 Å². The van der Waals surface area contributed by atoms with Gasteiger partial charge in [0.1, 0.15) is 5.76 Å². The van der Waals surface area contributed by atoms with Crippen molar-refractivity contribution in [1.82, 2.24) is 0 Å². The van der Waals surface area contributed by atoms with Crippen molar-refractivity contribution < 1.29 is 5.11 Å². The Bertz CT molecular complexity index is 494. The second kappa shape index (κ2) is 7.29. The molecule has 0 fully saturated rings. The molecule has 1 aromatic rings. The van der Waals surface area contributed by atoms with Crippen LogP contribution in [0.4, 0.5) is 0 Å². The lowest BCUT2D eigenvalue weighted by Gasteiger charge is -2.04. The number of halogens is 1. The number of aliphatic imine (C=N–C) groups is 1. The highest BCUT2D eigenvalue weighted by molar-refractivity contribution is 8.13. The number of benzene rings is 1. The van der Waals surface area contributed by atoms with Gasteiger partial charge in [0.2, 0.25) is 0 Å². The van der Waals surface area contributed by atoms with Crippen molar-refractivity contribution in [1.29, 1.82) is 0 Å². The minimum Gasteiger partial charge on any atom is -0.509 e. The fourth-order valence-corrected chi connectivity index (χ4v) is 2.46. The van der Waals surface area contributed by atoms with E-state index in [0.717, 1.165) is 27.1 Å². The summed E-state index contributed by atoms with van der Waals surface area (Å²) in [6.45, 7) is 7.14. The number of aliphatic hydroxyl groups excluding tert-OH is 1. The second-order valence-electron chi connectivity index (χ2n) is 3.79. The van der Waals surface area contributed by atoms with Crippen LogP contribution in [-0.4, -0.2) is 10.2 Å². The molecule has 0 saturated carbocycles. The topological polar surface area (TPSA) is 32.6 Å². The summed E-state index contributed by atoms with van der Waals surface area (Å²) in [5.41, 5.74) is 1.82. The lowest BCUT2D eigenvalue weighted by Crippen LogP contribution is -1.89. The number of aliphatic hydroxyl groups is 1. The molecule has 0 aliphatic rings. The van der Waals surface area contributed by atoms with E-state index in [1.54, 1.807) is 11.8 Å². The Hall–Kier alpha value is -1.19. The van der Waals surface area contributed by atoms with Crippen molar-refractivity contribution in [2.45, 2.75) is 19.6 Å². The number of hydrogen-bond donors (Lipinski definition) is 1. The molecule has 0 atom stereocenters. The van der Waals surface area contributed by atoms with E-state index >= 15 is 0 Å². The minimum atomic E-state index is 0.0140. The molecule has 0 aliphatic heterocycles. The standard InChI is InChI=1S/C14H16ClNOS/c1-10(8-11(2)17)16-12(3)18-9-13-6-4-5-7-14(13)15/h4-8,17H,2,9H2,1,3H3/b10-8-,16-12+. The summed E-state index contributed by atoms with van der Waals surface area (Å²) in [5, 5.41) is 10.7. The van der Waals surface area contributed by atoms with Crippen LogP contribution >= 0.6 is 23.4 Å². The molecular formula is C14H16ClNOS. The highest BCUT2D eigenvalue weighted by Crippen LogP contribution is 2.22. The summed E-state index contributed by atoms with van der Waals surface area (Å²) in [7, 11) is 0. The smallest absolute Gasteiger partial charge is 0.110 e. The molecule has 0 heterocycles. The monoisotopic (exact) mass is 281 g/mol. The molecule has 96 valence electrons. The number of nitrogens with zero attached hydrogens (tertiary/aromatic N) is 1. The van der Waals surface area contributed by atoms with Crippen LogP contribution in [-0.2, 0) is 5.75 Å². The lowest BCUT2D eigenvalue weighted by molar-refractivity contribution is 0.434. The highest BCUT2D eigenvalue weighted by Gasteiger charge is 2.00. The van der Waals surface area contributed by atoms with Crippen molar-refractivity contribution in [2.75, 3.05) is 0 Å². The van der Waals surface area contributed by atoms with Crippen LogP contribution in [0.5, 0.6) is 0 Å². The molecule has 4 heteroatoms. The maximum atomic E-state index is 9.02. The first-order chi connectivity index (χ1) is 8.49. The van der Waals surface area contributed by atoms with Gasteiger partial charge in [-0.05, 0) is 25.5 Å². The summed E-state index contributed by atoms with van der Waals surface area (Å²) in [6.07, 6.45) is 1.53. The summed E-state index contributed by atoms with van der Waals surface area (Å²) in [6, 6.07) is 7.76. The number of rotatable bonds is 4. The van der Waals surface area contributed by atoms with Crippen LogP contribution in [0.3, 0.4) is 0 Å². The average molecular weight is 282 g/mol. The van der Waals surface area contributed by atoms with Gasteiger partial charge in [0.25, 0.3) is 0 Å². The fourth-order valence-electron chi connectivity index (χ4n) is 1.35. The fraction of sp³-hybridized carbons (Fsp3) is 0.214. The maximum absolute atomic E-state index is 9.02. The van der Waals surface area contributed by atoms with Gasteiger partial charge in [0.05, 0.1) is 5.04 Å². The summed E-state index contributed by atoms with van der Waals surface area (Å²) < 4.78 is 0. The SMILES string of the molecule is C=C(O)/C=C(C)\N=C(/C)SCc1ccccc1Cl. The van der Waals surface area contributed by atoms with Crippen molar-refractivity contribution in [3.63, 3.8) is 0 Å². The zero-order valence-corrected chi connectivity index (χ0v) is 12.1. The Morgan fingerprint density at radius 3 is 2.72 bits per heavy atom. The number of hydrogen-bond acceptors (Lipinski definition) is 3. The molecule has 0 amide bonds. The van der Waals surface area contributed by atoms with Crippen molar-refractivity contribution in [2.24, 2.45) is 4.99 Å². The van der Waals surface area contributed by atoms with Crippen LogP contribution in [0.1, 0.15) is 19.4 Å². The largest absolute Gasteiger partial charge is 0.509 e. The Balaban J connectivity index is 2.61. The predicted molar refractivity (Wildman–Crippen MR) is 81.4 cm³/mol. The summed E-state index contributed by atoms with van der Waals surface area (Å²) in [5.74, 6) is 0.794. The van der Waals surface area contributed by atoms with Crippen LogP contribution < -0.4 is 0 Å². The van der Waals surface area contributed by atoms with Gasteiger partial charge in [0.15, 0.2) is 0 Å². The summed E-state index contributed by atoms with van der Waals surface area (Å²) >= 11 is 7.69. The van der Waals surface area contributed by atoms with Gasteiger partial charge in [-0.1, -0.05) is 36.4 Å². The molecule has 0 aromatic heterocycles. The summed E-state index contributed by atoms with van der Waals surface area (Å²) in [4.78, 5) is 4.34. The zero-order chi connectivity index (χ0) is 13.5.